The smallest absolute Gasteiger partial charge is 0.263 e. The summed E-state index contributed by atoms with van der Waals surface area (Å²) in [6, 6.07) is 6.68. The van der Waals surface area contributed by atoms with Gasteiger partial charge < -0.3 is 9.64 Å². The number of ether oxygens (including phenoxy) is 1. The van der Waals surface area contributed by atoms with E-state index in [1.807, 2.05) is 0 Å². The third-order valence-corrected chi connectivity index (χ3v) is 9.56. The summed E-state index contributed by atoms with van der Waals surface area (Å²) in [4.78, 5) is 14.2. The summed E-state index contributed by atoms with van der Waals surface area (Å²) in [5, 5.41) is -0.314. The number of nitrogens with zero attached hydrogens (tertiary/aromatic N) is 2. The maximum absolute atomic E-state index is 12.7. The molecule has 0 spiro atoms. The van der Waals surface area contributed by atoms with Crippen molar-refractivity contribution in [1.82, 2.24) is 9.21 Å². The normalized spacial score (nSPS) is 24.1. The first-order chi connectivity index (χ1) is 13.1. The van der Waals surface area contributed by atoms with Crippen molar-refractivity contribution in [3.8, 4) is 5.75 Å². The maximum atomic E-state index is 12.7. The molecule has 2 saturated heterocycles. The molecular weight excluding hydrogens is 428 g/mol. The highest BCUT2D eigenvalue weighted by molar-refractivity contribution is 7.95. The van der Waals surface area contributed by atoms with Crippen LogP contribution in [0.15, 0.2) is 24.3 Å². The van der Waals surface area contributed by atoms with Crippen LogP contribution in [0.1, 0.15) is 13.3 Å². The number of rotatable bonds is 5. The average molecular weight is 451 g/mol. The van der Waals surface area contributed by atoms with E-state index in [0.29, 0.717) is 10.8 Å². The number of carbonyl (C=O) groups excluding carboxylic acids is 1. The van der Waals surface area contributed by atoms with E-state index in [-0.39, 0.29) is 50.0 Å². The lowest BCUT2D eigenvalue weighted by Crippen LogP contribution is -2.54. The topological polar surface area (TPSA) is 101 Å². The van der Waals surface area contributed by atoms with Crippen molar-refractivity contribution >= 4 is 37.4 Å². The minimum absolute atomic E-state index is 0.0884. The third-order valence-electron chi connectivity index (χ3n) is 5.00. The zero-order valence-electron chi connectivity index (χ0n) is 15.5. The minimum atomic E-state index is -3.68. The molecule has 1 amide bonds. The Balaban J connectivity index is 1.55. The van der Waals surface area contributed by atoms with Crippen molar-refractivity contribution < 1.29 is 26.4 Å². The van der Waals surface area contributed by atoms with Crippen LogP contribution in [-0.2, 0) is 24.7 Å². The summed E-state index contributed by atoms with van der Waals surface area (Å²) in [5.74, 6) is -0.112. The van der Waals surface area contributed by atoms with Crippen molar-refractivity contribution in [3.63, 3.8) is 0 Å². The molecular formula is C17H23ClN2O6S2. The van der Waals surface area contributed by atoms with E-state index in [1.54, 1.807) is 36.1 Å². The van der Waals surface area contributed by atoms with E-state index in [1.165, 1.54) is 4.31 Å². The van der Waals surface area contributed by atoms with Crippen molar-refractivity contribution in [2.24, 2.45) is 0 Å². The summed E-state index contributed by atoms with van der Waals surface area (Å²) in [5.41, 5.74) is 0. The van der Waals surface area contributed by atoms with Crippen molar-refractivity contribution in [3.05, 3.63) is 29.3 Å². The fraction of sp³-hybridized carbons (Fsp3) is 0.588. The summed E-state index contributed by atoms with van der Waals surface area (Å²) in [6.45, 7) is 2.43. The Hall–Kier alpha value is -1.36. The van der Waals surface area contributed by atoms with Gasteiger partial charge in [0.15, 0.2) is 15.9 Å². The number of hydrogen-bond acceptors (Lipinski definition) is 6. The van der Waals surface area contributed by atoms with Crippen LogP contribution in [0, 0.1) is 0 Å². The van der Waals surface area contributed by atoms with Crippen LogP contribution in [-0.4, -0.2) is 81.0 Å². The van der Waals surface area contributed by atoms with Crippen LogP contribution >= 0.6 is 11.6 Å². The van der Waals surface area contributed by atoms with Gasteiger partial charge in [0.25, 0.3) is 5.91 Å². The van der Waals surface area contributed by atoms with Gasteiger partial charge >= 0.3 is 0 Å². The molecule has 2 unspecified atom stereocenters. The number of sulfone groups is 1. The van der Waals surface area contributed by atoms with Gasteiger partial charge in [0.1, 0.15) is 5.75 Å². The van der Waals surface area contributed by atoms with Gasteiger partial charge in [-0.05, 0) is 37.6 Å². The second-order valence-electron chi connectivity index (χ2n) is 7.01. The number of benzene rings is 1. The molecule has 0 N–H and O–H groups in total. The first-order valence-corrected chi connectivity index (χ1v) is 12.7. The van der Waals surface area contributed by atoms with Crippen LogP contribution in [0.4, 0.5) is 0 Å². The second-order valence-corrected chi connectivity index (χ2v) is 11.9. The Bertz CT molecular complexity index is 925. The van der Waals surface area contributed by atoms with Crippen LogP contribution in [0.3, 0.4) is 0 Å². The van der Waals surface area contributed by atoms with Gasteiger partial charge in [0.2, 0.25) is 10.0 Å². The van der Waals surface area contributed by atoms with Crippen molar-refractivity contribution in [1.29, 1.82) is 0 Å². The van der Waals surface area contributed by atoms with Crippen molar-refractivity contribution in [2.45, 2.75) is 24.7 Å². The van der Waals surface area contributed by atoms with E-state index in [4.69, 9.17) is 16.3 Å². The lowest BCUT2D eigenvalue weighted by molar-refractivity contribution is -0.139. The molecule has 2 fully saturated rings. The standard InChI is InChI=1S/C17H23ClN2O6S2/c1-13(26-15-4-2-14(18)3-5-15)17(21)19-7-9-20(10-8-19)28(24,25)16-6-11-27(22,23)12-16/h2-5,13,16H,6-12H2,1H3. The van der Waals surface area contributed by atoms with E-state index < -0.39 is 31.2 Å². The fourth-order valence-electron chi connectivity index (χ4n) is 3.39. The summed E-state index contributed by atoms with van der Waals surface area (Å²) < 4.78 is 55.5. The van der Waals surface area contributed by atoms with Gasteiger partial charge in [-0.25, -0.2) is 16.8 Å². The first-order valence-electron chi connectivity index (χ1n) is 8.99. The summed E-state index contributed by atoms with van der Waals surface area (Å²) in [7, 11) is -6.96. The number of hydrogen-bond donors (Lipinski definition) is 0. The van der Waals surface area contributed by atoms with Crippen LogP contribution in [0.2, 0.25) is 5.02 Å². The second kappa shape index (κ2) is 8.17. The molecule has 28 heavy (non-hydrogen) atoms. The Morgan fingerprint density at radius 2 is 1.79 bits per heavy atom. The van der Waals surface area contributed by atoms with Crippen molar-refractivity contribution in [2.75, 3.05) is 37.7 Å². The number of amides is 1. The third kappa shape index (κ3) is 4.79. The molecule has 2 aliphatic rings. The molecule has 1 aromatic rings. The number of carbonyl (C=O) groups is 1. The molecule has 3 rings (SSSR count). The first kappa shape index (κ1) is 21.4. The van der Waals surface area contributed by atoms with Gasteiger partial charge in [0.05, 0.1) is 16.8 Å². The van der Waals surface area contributed by atoms with Gasteiger partial charge in [-0.2, -0.15) is 4.31 Å². The molecule has 0 aliphatic carbocycles. The van der Waals surface area contributed by atoms with Gasteiger partial charge in [-0.15, -0.1) is 0 Å². The highest BCUT2D eigenvalue weighted by atomic mass is 35.5. The quantitative estimate of drug-likeness (QED) is 0.656. The van der Waals surface area contributed by atoms with E-state index >= 15 is 0 Å². The Labute approximate surface area is 170 Å². The summed E-state index contributed by atoms with van der Waals surface area (Å²) >= 11 is 5.83. The predicted octanol–water partition coefficient (Wildman–Crippen LogP) is 0.768. The molecule has 0 radical (unpaired) electrons. The SMILES string of the molecule is CC(Oc1ccc(Cl)cc1)C(=O)N1CCN(S(=O)(=O)C2CCS(=O)(=O)C2)CC1. The van der Waals surface area contributed by atoms with Gasteiger partial charge in [-0.1, -0.05) is 11.6 Å². The summed E-state index contributed by atoms with van der Waals surface area (Å²) in [6.07, 6.45) is -0.584. The van der Waals surface area contributed by atoms with Crippen LogP contribution in [0.5, 0.6) is 5.75 Å². The van der Waals surface area contributed by atoms with Crippen LogP contribution < -0.4 is 4.74 Å². The Kier molecular flexibility index (Phi) is 6.23. The fourth-order valence-corrected chi connectivity index (χ4v) is 8.03. The largest absolute Gasteiger partial charge is 0.481 e. The van der Waals surface area contributed by atoms with E-state index in [0.717, 1.165) is 0 Å². The Morgan fingerprint density at radius 3 is 2.32 bits per heavy atom. The highest BCUT2D eigenvalue weighted by Crippen LogP contribution is 2.23. The molecule has 2 heterocycles. The zero-order valence-corrected chi connectivity index (χ0v) is 17.8. The van der Waals surface area contributed by atoms with E-state index in [2.05, 4.69) is 0 Å². The monoisotopic (exact) mass is 450 g/mol. The van der Waals surface area contributed by atoms with Gasteiger partial charge in [0, 0.05) is 31.2 Å². The average Bonchev–Trinajstić information content (AvgIpc) is 3.03. The number of sulfonamides is 1. The van der Waals surface area contributed by atoms with Gasteiger partial charge in [-0.3, -0.25) is 4.79 Å². The predicted molar refractivity (Wildman–Crippen MR) is 106 cm³/mol. The highest BCUT2D eigenvalue weighted by Gasteiger charge is 2.41. The molecule has 11 heteroatoms. The zero-order chi connectivity index (χ0) is 20.5. The molecule has 8 nitrogen and oxygen atoms in total. The van der Waals surface area contributed by atoms with E-state index in [9.17, 15) is 21.6 Å². The molecule has 2 atom stereocenters. The molecule has 1 aromatic carbocycles. The van der Waals surface area contributed by atoms with Crippen LogP contribution in [0.25, 0.3) is 0 Å². The molecule has 156 valence electrons. The maximum Gasteiger partial charge on any atom is 0.263 e. The number of piperazine rings is 1. The minimum Gasteiger partial charge on any atom is -0.481 e. The molecule has 2 aliphatic heterocycles. The lowest BCUT2D eigenvalue weighted by Gasteiger charge is -2.36. The molecule has 0 bridgehead atoms. The number of halogens is 1. The molecule has 0 saturated carbocycles. The Morgan fingerprint density at radius 1 is 1.18 bits per heavy atom. The molecule has 0 aromatic heterocycles. The lowest BCUT2D eigenvalue weighted by atomic mass is 10.2.